The molecule has 1 aliphatic heterocycles. The third kappa shape index (κ3) is 3.16. The largest absolute Gasteiger partial charge is 0.374 e. The summed E-state index contributed by atoms with van der Waals surface area (Å²) in [6.45, 7) is 2.90. The Labute approximate surface area is 93.0 Å². The van der Waals surface area contributed by atoms with Crippen molar-refractivity contribution in [3.05, 3.63) is 0 Å². The molecule has 1 saturated heterocycles. The Hall–Kier alpha value is -0.120. The number of likely N-dealkylation sites (N-methyl/N-ethyl adjacent to an activating group) is 1. The van der Waals surface area contributed by atoms with Gasteiger partial charge in [0.15, 0.2) is 0 Å². The molecule has 0 radical (unpaired) electrons. The maximum atomic E-state index is 6.24. The van der Waals surface area contributed by atoms with E-state index in [2.05, 4.69) is 11.9 Å². The molecule has 88 valence electrons. The highest BCUT2D eigenvalue weighted by molar-refractivity contribution is 4.82. The fraction of sp³-hybridized carbons (Fsp3) is 1.00. The van der Waals surface area contributed by atoms with E-state index in [0.717, 1.165) is 25.6 Å². The van der Waals surface area contributed by atoms with Crippen LogP contribution in [0.25, 0.3) is 0 Å². The van der Waals surface area contributed by atoms with Crippen LogP contribution in [0.4, 0.5) is 0 Å². The van der Waals surface area contributed by atoms with Crippen LogP contribution in [0, 0.1) is 5.92 Å². The van der Waals surface area contributed by atoms with Crippen molar-refractivity contribution in [3.63, 3.8) is 0 Å². The van der Waals surface area contributed by atoms with Crippen LogP contribution in [0.15, 0.2) is 0 Å². The summed E-state index contributed by atoms with van der Waals surface area (Å²) in [6, 6.07) is 0.246. The third-order valence-electron chi connectivity index (χ3n) is 3.85. The van der Waals surface area contributed by atoms with E-state index < -0.39 is 0 Å². The van der Waals surface area contributed by atoms with Crippen LogP contribution < -0.4 is 5.73 Å². The number of ether oxygens (including phenoxy) is 1. The molecule has 2 rings (SSSR count). The predicted octanol–water partition coefficient (Wildman–Crippen LogP) is 1.22. The second-order valence-corrected chi connectivity index (χ2v) is 5.22. The van der Waals surface area contributed by atoms with E-state index in [0.29, 0.717) is 0 Å². The van der Waals surface area contributed by atoms with E-state index >= 15 is 0 Å². The first-order valence-electron chi connectivity index (χ1n) is 6.31. The Kier molecular flexibility index (Phi) is 4.00. The zero-order valence-corrected chi connectivity index (χ0v) is 9.82. The molecule has 2 unspecified atom stereocenters. The number of rotatable bonds is 3. The maximum Gasteiger partial charge on any atom is 0.0853 e. The highest BCUT2D eigenvalue weighted by atomic mass is 16.5. The summed E-state index contributed by atoms with van der Waals surface area (Å²) in [5.74, 6) is 0.871. The van der Waals surface area contributed by atoms with E-state index in [4.69, 9.17) is 10.5 Å². The molecule has 1 saturated carbocycles. The molecule has 1 heterocycles. The van der Waals surface area contributed by atoms with Gasteiger partial charge >= 0.3 is 0 Å². The number of nitrogens with zero attached hydrogens (tertiary/aromatic N) is 1. The van der Waals surface area contributed by atoms with Crippen molar-refractivity contribution in [1.29, 1.82) is 0 Å². The maximum absolute atomic E-state index is 6.24. The van der Waals surface area contributed by atoms with Crippen molar-refractivity contribution in [2.45, 2.75) is 44.2 Å². The van der Waals surface area contributed by atoms with Gasteiger partial charge in [-0.3, -0.25) is 0 Å². The van der Waals surface area contributed by atoms with E-state index in [9.17, 15) is 0 Å². The first kappa shape index (κ1) is 11.4. The average Bonchev–Trinajstić information content (AvgIpc) is 2.70. The lowest BCUT2D eigenvalue weighted by Gasteiger charge is -2.34. The minimum Gasteiger partial charge on any atom is -0.374 e. The van der Waals surface area contributed by atoms with Crippen molar-refractivity contribution in [2.24, 2.45) is 11.7 Å². The lowest BCUT2D eigenvalue weighted by Crippen LogP contribution is -2.49. The minimum absolute atomic E-state index is 0.246. The second kappa shape index (κ2) is 5.28. The highest BCUT2D eigenvalue weighted by Crippen LogP contribution is 2.29. The number of hydrogen-bond acceptors (Lipinski definition) is 3. The molecule has 2 aliphatic rings. The summed E-state index contributed by atoms with van der Waals surface area (Å²) in [4.78, 5) is 2.32. The smallest absolute Gasteiger partial charge is 0.0853 e. The third-order valence-corrected chi connectivity index (χ3v) is 3.85. The van der Waals surface area contributed by atoms with Crippen LogP contribution >= 0.6 is 0 Å². The van der Waals surface area contributed by atoms with Gasteiger partial charge in [0, 0.05) is 19.1 Å². The number of hydrogen-bond donors (Lipinski definition) is 1. The van der Waals surface area contributed by atoms with Crippen molar-refractivity contribution < 1.29 is 4.74 Å². The van der Waals surface area contributed by atoms with Gasteiger partial charge in [0.1, 0.15) is 0 Å². The van der Waals surface area contributed by atoms with Crippen molar-refractivity contribution in [1.82, 2.24) is 4.90 Å². The van der Waals surface area contributed by atoms with Gasteiger partial charge in [-0.25, -0.2) is 0 Å². The summed E-state index contributed by atoms with van der Waals surface area (Å²) in [5.41, 5.74) is 6.24. The van der Waals surface area contributed by atoms with Crippen molar-refractivity contribution in [3.8, 4) is 0 Å². The number of nitrogens with two attached hydrogens (primary N) is 1. The fourth-order valence-corrected chi connectivity index (χ4v) is 2.85. The normalized spacial score (nSPS) is 32.0. The molecule has 3 heteroatoms. The molecular formula is C12H24N2O. The number of morpholine rings is 1. The molecule has 0 spiro atoms. The molecule has 2 fully saturated rings. The summed E-state index contributed by atoms with van der Waals surface area (Å²) in [6.07, 6.45) is 7.01. The van der Waals surface area contributed by atoms with Gasteiger partial charge in [-0.1, -0.05) is 25.7 Å². The summed E-state index contributed by atoms with van der Waals surface area (Å²) >= 11 is 0. The van der Waals surface area contributed by atoms with E-state index in [1.165, 1.54) is 32.1 Å². The Bertz CT molecular complexity index is 192. The van der Waals surface area contributed by atoms with Gasteiger partial charge < -0.3 is 15.4 Å². The molecular weight excluding hydrogens is 188 g/mol. The van der Waals surface area contributed by atoms with E-state index in [1.54, 1.807) is 0 Å². The molecule has 0 aromatic heterocycles. The van der Waals surface area contributed by atoms with Crippen LogP contribution in [0.5, 0.6) is 0 Å². The zero-order chi connectivity index (χ0) is 10.7. The van der Waals surface area contributed by atoms with Gasteiger partial charge in [-0.15, -0.1) is 0 Å². The molecule has 3 nitrogen and oxygen atoms in total. The van der Waals surface area contributed by atoms with Crippen LogP contribution in [0.3, 0.4) is 0 Å². The Balaban J connectivity index is 1.76. The van der Waals surface area contributed by atoms with Crippen LogP contribution in [0.2, 0.25) is 0 Å². The summed E-state index contributed by atoms with van der Waals surface area (Å²) in [7, 11) is 2.15. The molecule has 0 aromatic rings. The zero-order valence-electron chi connectivity index (χ0n) is 9.82. The minimum atomic E-state index is 0.246. The van der Waals surface area contributed by atoms with Gasteiger partial charge in [-0.05, 0) is 19.4 Å². The first-order valence-corrected chi connectivity index (χ1v) is 6.31. The topological polar surface area (TPSA) is 38.5 Å². The lowest BCUT2D eigenvalue weighted by atomic mass is 9.95. The predicted molar refractivity (Wildman–Crippen MR) is 61.8 cm³/mol. The van der Waals surface area contributed by atoms with Crippen molar-refractivity contribution in [2.75, 3.05) is 26.7 Å². The van der Waals surface area contributed by atoms with Crippen LogP contribution in [-0.2, 0) is 4.74 Å². The van der Waals surface area contributed by atoms with Crippen LogP contribution in [0.1, 0.15) is 32.1 Å². The van der Waals surface area contributed by atoms with Gasteiger partial charge in [0.2, 0.25) is 0 Å². The second-order valence-electron chi connectivity index (χ2n) is 5.22. The van der Waals surface area contributed by atoms with Crippen molar-refractivity contribution >= 4 is 0 Å². The molecule has 2 N–H and O–H groups in total. The average molecular weight is 212 g/mol. The summed E-state index contributed by atoms with van der Waals surface area (Å²) < 4.78 is 5.75. The molecule has 1 aliphatic carbocycles. The molecule has 0 aromatic carbocycles. The SMILES string of the molecule is CN1CCOC(C(N)CC2CCCC2)C1. The van der Waals surface area contributed by atoms with E-state index in [-0.39, 0.29) is 12.1 Å². The van der Waals surface area contributed by atoms with E-state index in [1.807, 2.05) is 0 Å². The molecule has 0 bridgehead atoms. The van der Waals surface area contributed by atoms with Crippen LogP contribution in [-0.4, -0.2) is 43.8 Å². The lowest BCUT2D eigenvalue weighted by molar-refractivity contribution is -0.0354. The fourth-order valence-electron chi connectivity index (χ4n) is 2.85. The van der Waals surface area contributed by atoms with Gasteiger partial charge in [-0.2, -0.15) is 0 Å². The van der Waals surface area contributed by atoms with Gasteiger partial charge in [0.05, 0.1) is 12.7 Å². The molecule has 15 heavy (non-hydrogen) atoms. The standard InChI is InChI=1S/C12H24N2O/c1-14-6-7-15-12(9-14)11(13)8-10-4-2-3-5-10/h10-12H,2-9,13H2,1H3. The Morgan fingerprint density at radius 2 is 2.13 bits per heavy atom. The monoisotopic (exact) mass is 212 g/mol. The summed E-state index contributed by atoms with van der Waals surface area (Å²) in [5, 5.41) is 0. The first-order chi connectivity index (χ1) is 7.25. The Morgan fingerprint density at radius 3 is 2.80 bits per heavy atom. The highest BCUT2D eigenvalue weighted by Gasteiger charge is 2.27. The molecule has 2 atom stereocenters. The molecule has 0 amide bonds. The quantitative estimate of drug-likeness (QED) is 0.764. The van der Waals surface area contributed by atoms with Gasteiger partial charge in [0.25, 0.3) is 0 Å². The Morgan fingerprint density at radius 1 is 1.40 bits per heavy atom.